The number of nitrogens with two attached hydrogens (primary N) is 1. The van der Waals surface area contributed by atoms with Gasteiger partial charge < -0.3 is 15.8 Å². The van der Waals surface area contributed by atoms with Crippen molar-refractivity contribution in [1.29, 1.82) is 0 Å². The molecule has 2 aromatic carbocycles. The predicted octanol–water partition coefficient (Wildman–Crippen LogP) is 6.40. The summed E-state index contributed by atoms with van der Waals surface area (Å²) in [4.78, 5) is 41.3. The smallest absolute Gasteiger partial charge is 0.309 e. The first kappa shape index (κ1) is 35.9. The fourth-order valence-corrected chi connectivity index (χ4v) is 5.65. The Labute approximate surface area is 276 Å². The van der Waals surface area contributed by atoms with Gasteiger partial charge in [-0.15, -0.1) is 0 Å². The van der Waals surface area contributed by atoms with Crippen LogP contribution < -0.4 is 15.8 Å². The van der Waals surface area contributed by atoms with Gasteiger partial charge in [-0.05, 0) is 47.9 Å². The lowest BCUT2D eigenvalue weighted by Crippen LogP contribution is -2.37. The minimum Gasteiger partial charge on any atom is -0.408 e. The highest BCUT2D eigenvalue weighted by molar-refractivity contribution is 5.94. The van der Waals surface area contributed by atoms with E-state index in [1.807, 2.05) is 0 Å². The lowest BCUT2D eigenvalue weighted by atomic mass is 9.89. The van der Waals surface area contributed by atoms with Gasteiger partial charge in [0, 0.05) is 37.5 Å². The third kappa shape index (κ3) is 7.42. The summed E-state index contributed by atoms with van der Waals surface area (Å²) in [5.41, 5.74) is -0.509. The molecule has 0 saturated heterocycles. The average molecular weight is 714 g/mol. The van der Waals surface area contributed by atoms with Crippen LogP contribution in [-0.4, -0.2) is 32.5 Å². The number of carbonyl (C=O) groups excluding carboxylic acids is 3. The first-order chi connectivity index (χ1) is 23.4. The van der Waals surface area contributed by atoms with Gasteiger partial charge in [0.15, 0.2) is 0 Å². The van der Waals surface area contributed by atoms with Crippen molar-refractivity contribution in [2.75, 3.05) is 0 Å². The minimum absolute atomic E-state index is 0.00760. The van der Waals surface area contributed by atoms with Crippen LogP contribution in [0.4, 0.5) is 39.5 Å². The van der Waals surface area contributed by atoms with E-state index in [1.54, 1.807) is 0 Å². The molecule has 5 rings (SSSR count). The van der Waals surface area contributed by atoms with Crippen LogP contribution in [0.1, 0.15) is 70.8 Å². The van der Waals surface area contributed by atoms with Crippen molar-refractivity contribution in [3.8, 4) is 17.0 Å². The minimum atomic E-state index is -4.11. The number of fused-ring (bicyclic) bond motifs is 1. The van der Waals surface area contributed by atoms with Crippen LogP contribution in [0.5, 0.6) is 5.88 Å². The molecule has 2 aromatic heterocycles. The fourth-order valence-electron chi connectivity index (χ4n) is 5.65. The maximum absolute atomic E-state index is 15.0. The number of primary amides is 1. The molecule has 0 unspecified atom stereocenters. The molecule has 4 aromatic rings. The zero-order valence-electron chi connectivity index (χ0n) is 25.6. The zero-order chi connectivity index (χ0) is 36.7. The van der Waals surface area contributed by atoms with Crippen molar-refractivity contribution >= 4 is 17.8 Å². The van der Waals surface area contributed by atoms with Gasteiger partial charge in [-0.1, -0.05) is 6.07 Å². The van der Waals surface area contributed by atoms with Crippen molar-refractivity contribution in [3.05, 3.63) is 99.8 Å². The molecule has 0 saturated carbocycles. The van der Waals surface area contributed by atoms with Gasteiger partial charge in [0.05, 0.1) is 22.9 Å². The van der Waals surface area contributed by atoms with Gasteiger partial charge >= 0.3 is 5.97 Å². The van der Waals surface area contributed by atoms with E-state index in [0.29, 0.717) is 6.07 Å². The molecule has 0 radical (unpaired) electrons. The molecule has 50 heavy (non-hydrogen) atoms. The van der Waals surface area contributed by atoms with E-state index in [0.717, 1.165) is 31.2 Å². The Balaban J connectivity index is 1.64. The maximum Gasteiger partial charge on any atom is 0.309 e. The molecule has 0 fully saturated rings. The maximum atomic E-state index is 15.0. The lowest BCUT2D eigenvalue weighted by Gasteiger charge is -2.29. The van der Waals surface area contributed by atoms with Crippen LogP contribution in [0.15, 0.2) is 48.5 Å². The summed E-state index contributed by atoms with van der Waals surface area (Å²) in [6.07, 6.45) is -7.12. The number of hydrogen-bond donors (Lipinski definition) is 2. The first-order valence-corrected chi connectivity index (χ1v) is 14.5. The number of amides is 2. The summed E-state index contributed by atoms with van der Waals surface area (Å²) in [6, 6.07) is 6.29. The summed E-state index contributed by atoms with van der Waals surface area (Å²) < 4.78 is 135. The molecule has 2 heterocycles. The molecule has 0 spiro atoms. The number of pyridine rings is 1. The Morgan fingerprint density at radius 3 is 2.22 bits per heavy atom. The average Bonchev–Trinajstić information content (AvgIpc) is 3.41. The Bertz CT molecular complexity index is 1980. The third-order valence-corrected chi connectivity index (χ3v) is 7.66. The molecule has 1 atom stereocenters. The Hall–Kier alpha value is -5.42. The quantitative estimate of drug-likeness (QED) is 0.145. The van der Waals surface area contributed by atoms with Crippen LogP contribution in [-0.2, 0) is 34.4 Å². The van der Waals surface area contributed by atoms with Crippen LogP contribution in [0, 0.1) is 17.5 Å². The standard InChI is InChI=1S/C32H24F9N5O4/c1-14(47)50-24-5-3-19(16-2-4-21(35)20(11-16)30(42)49)26(44-24)22(10-15-8-17(33)12-18(34)9-15)43-23(48)13-46-28-25(27(45-46)29(36)37)31(38,39)6-7-32(28,40)41/h2-5,8-9,11-12,22,29H,6-7,10,13H2,1H3,(H2,42,49)(H,43,48)/t22-/m0/s1. The van der Waals surface area contributed by atoms with Crippen LogP contribution in [0.25, 0.3) is 11.1 Å². The molecule has 3 N–H and O–H groups in total. The highest BCUT2D eigenvalue weighted by atomic mass is 19.3. The van der Waals surface area contributed by atoms with Crippen LogP contribution in [0.2, 0.25) is 0 Å². The number of halogens is 9. The van der Waals surface area contributed by atoms with E-state index in [9.17, 15) is 53.9 Å². The summed E-state index contributed by atoms with van der Waals surface area (Å²) in [7, 11) is 0. The van der Waals surface area contributed by atoms with Gasteiger partial charge in [0.25, 0.3) is 24.2 Å². The number of carbonyl (C=O) groups is 3. The summed E-state index contributed by atoms with van der Waals surface area (Å²) in [5, 5.41) is 5.62. The van der Waals surface area contributed by atoms with Crippen LogP contribution in [0.3, 0.4) is 0 Å². The molecule has 1 aliphatic carbocycles. The predicted molar refractivity (Wildman–Crippen MR) is 155 cm³/mol. The fraction of sp³-hybridized carbons (Fsp3) is 0.281. The number of nitrogens with one attached hydrogen (secondary N) is 1. The second kappa shape index (κ2) is 13.5. The number of esters is 1. The van der Waals surface area contributed by atoms with E-state index in [-0.39, 0.29) is 32.9 Å². The molecule has 264 valence electrons. The normalized spacial score (nSPS) is 15.3. The molecule has 0 aliphatic heterocycles. The van der Waals surface area contributed by atoms with Gasteiger partial charge in [0.2, 0.25) is 11.8 Å². The molecule has 9 nitrogen and oxygen atoms in total. The molecule has 1 aliphatic rings. The van der Waals surface area contributed by atoms with E-state index in [1.165, 1.54) is 18.2 Å². The molecule has 18 heteroatoms. The van der Waals surface area contributed by atoms with Gasteiger partial charge in [-0.2, -0.15) is 13.9 Å². The van der Waals surface area contributed by atoms with Gasteiger partial charge in [-0.25, -0.2) is 35.7 Å². The van der Waals surface area contributed by atoms with Crippen molar-refractivity contribution in [3.63, 3.8) is 0 Å². The topological polar surface area (TPSA) is 129 Å². The second-order valence-electron chi connectivity index (χ2n) is 11.3. The Morgan fingerprint density at radius 2 is 1.60 bits per heavy atom. The molecular formula is C32H24F9N5O4. The van der Waals surface area contributed by atoms with Gasteiger partial charge in [-0.3, -0.25) is 19.1 Å². The number of benzene rings is 2. The third-order valence-electron chi connectivity index (χ3n) is 7.66. The SMILES string of the molecule is CC(=O)Oc1ccc(-c2ccc(F)c(C(N)=O)c2)c([C@H](Cc2cc(F)cc(F)c2)NC(=O)Cn2nc(C(F)F)c3c2C(F)(F)CCC3(F)F)n1. The second-order valence-corrected chi connectivity index (χ2v) is 11.3. The van der Waals surface area contributed by atoms with Crippen molar-refractivity contribution < 1.29 is 58.6 Å². The summed E-state index contributed by atoms with van der Waals surface area (Å²) >= 11 is 0. The van der Waals surface area contributed by atoms with Crippen molar-refractivity contribution in [1.82, 2.24) is 20.1 Å². The van der Waals surface area contributed by atoms with Crippen molar-refractivity contribution in [2.24, 2.45) is 5.73 Å². The van der Waals surface area contributed by atoms with Gasteiger partial charge in [0.1, 0.15) is 35.4 Å². The highest BCUT2D eigenvalue weighted by Crippen LogP contribution is 2.52. The van der Waals surface area contributed by atoms with E-state index in [2.05, 4.69) is 15.4 Å². The Kier molecular flexibility index (Phi) is 9.67. The van der Waals surface area contributed by atoms with E-state index < -0.39 is 108 Å². The number of ether oxygens (including phenoxy) is 1. The molecule has 2 amide bonds. The number of aromatic nitrogens is 3. The molecule has 0 bridgehead atoms. The largest absolute Gasteiger partial charge is 0.408 e. The molecular weight excluding hydrogens is 689 g/mol. The zero-order valence-corrected chi connectivity index (χ0v) is 25.6. The van der Waals surface area contributed by atoms with E-state index in [4.69, 9.17) is 10.5 Å². The number of alkyl halides is 6. The van der Waals surface area contributed by atoms with E-state index >= 15 is 0 Å². The number of rotatable bonds is 10. The highest BCUT2D eigenvalue weighted by Gasteiger charge is 2.55. The lowest BCUT2D eigenvalue weighted by molar-refractivity contribution is -0.132. The summed E-state index contributed by atoms with van der Waals surface area (Å²) in [5.74, 6) is -14.9. The van der Waals surface area contributed by atoms with Crippen molar-refractivity contribution in [2.45, 2.75) is 57.0 Å². The number of hydrogen-bond acceptors (Lipinski definition) is 6. The monoisotopic (exact) mass is 713 g/mol. The Morgan fingerprint density at radius 1 is 0.940 bits per heavy atom. The summed E-state index contributed by atoms with van der Waals surface area (Å²) in [6.45, 7) is -0.281. The first-order valence-electron chi connectivity index (χ1n) is 14.5. The number of nitrogens with zero attached hydrogens (tertiary/aromatic N) is 3. The van der Waals surface area contributed by atoms with Crippen LogP contribution >= 0.6 is 0 Å².